The smallest absolute Gasteiger partial charge is 0.276 e. The van der Waals surface area contributed by atoms with Crippen LogP contribution in [0.5, 0.6) is 0 Å². The Labute approximate surface area is 128 Å². The summed E-state index contributed by atoms with van der Waals surface area (Å²) in [7, 11) is 0. The van der Waals surface area contributed by atoms with E-state index >= 15 is 0 Å². The van der Waals surface area contributed by atoms with E-state index < -0.39 is 0 Å². The average Bonchev–Trinajstić information content (AvgIpc) is 2.90. The van der Waals surface area contributed by atoms with Crippen LogP contribution in [0.15, 0.2) is 17.0 Å². The number of aryl methyl sites for hydroxylation is 1. The molecule has 0 radical (unpaired) electrons. The number of carbonyl (C=O) groups excluding carboxylic acids is 1. The Morgan fingerprint density at radius 2 is 2.27 bits per heavy atom. The number of hydrogen-bond donors (Lipinski definition) is 0. The lowest BCUT2D eigenvalue weighted by molar-refractivity contribution is 0.0714. The van der Waals surface area contributed by atoms with Crippen LogP contribution in [0.1, 0.15) is 53.5 Å². The normalized spacial score (nSPS) is 21.5. The highest BCUT2D eigenvalue weighted by Gasteiger charge is 2.33. The highest BCUT2D eigenvalue weighted by molar-refractivity contribution is 5.93. The van der Waals surface area contributed by atoms with E-state index in [1.54, 1.807) is 6.92 Å². The van der Waals surface area contributed by atoms with Crippen LogP contribution in [0.25, 0.3) is 0 Å². The molecule has 0 bridgehead atoms. The van der Waals surface area contributed by atoms with Crippen molar-refractivity contribution in [3.8, 4) is 0 Å². The van der Waals surface area contributed by atoms with Crippen molar-refractivity contribution in [2.24, 2.45) is 0 Å². The molecular weight excluding hydrogens is 282 g/mol. The molecule has 3 heterocycles. The summed E-state index contributed by atoms with van der Waals surface area (Å²) in [6.07, 6.45) is 7.79. The summed E-state index contributed by atoms with van der Waals surface area (Å²) in [5, 5.41) is 8.45. The maximum Gasteiger partial charge on any atom is 0.276 e. The molecule has 1 aliphatic carbocycles. The zero-order valence-corrected chi connectivity index (χ0v) is 12.6. The number of nitrogens with zero attached hydrogens (tertiary/aromatic N) is 5. The van der Waals surface area contributed by atoms with Crippen LogP contribution in [0.2, 0.25) is 0 Å². The molecule has 2 aromatic rings. The van der Waals surface area contributed by atoms with Gasteiger partial charge in [-0.25, -0.2) is 4.98 Å². The fourth-order valence-electron chi connectivity index (χ4n) is 3.12. The zero-order valence-electron chi connectivity index (χ0n) is 12.6. The van der Waals surface area contributed by atoms with Gasteiger partial charge in [-0.2, -0.15) is 0 Å². The van der Waals surface area contributed by atoms with Gasteiger partial charge in [0.1, 0.15) is 5.76 Å². The van der Waals surface area contributed by atoms with Gasteiger partial charge in [-0.3, -0.25) is 9.48 Å². The van der Waals surface area contributed by atoms with Crippen LogP contribution < -0.4 is 0 Å². The summed E-state index contributed by atoms with van der Waals surface area (Å²) in [6.45, 7) is 3.23. The lowest BCUT2D eigenvalue weighted by Gasteiger charge is -2.23. The Hall–Kier alpha value is -2.18. The molecule has 0 N–H and O–H groups in total. The first-order chi connectivity index (χ1) is 10.7. The molecule has 2 aliphatic rings. The van der Waals surface area contributed by atoms with Crippen molar-refractivity contribution in [1.82, 2.24) is 24.9 Å². The third kappa shape index (κ3) is 2.40. The summed E-state index contributed by atoms with van der Waals surface area (Å²) < 4.78 is 7.02. The lowest BCUT2D eigenvalue weighted by atomic mass is 10.2. The Morgan fingerprint density at radius 1 is 1.41 bits per heavy atom. The van der Waals surface area contributed by atoms with Crippen molar-refractivity contribution in [3.63, 3.8) is 0 Å². The molecule has 2 aromatic heterocycles. The second-order valence-electron chi connectivity index (χ2n) is 6.19. The van der Waals surface area contributed by atoms with Crippen molar-refractivity contribution >= 4 is 5.91 Å². The third-order valence-electron chi connectivity index (χ3n) is 4.54. The number of amides is 1. The van der Waals surface area contributed by atoms with Gasteiger partial charge in [-0.1, -0.05) is 5.21 Å². The molecule has 4 rings (SSSR count). The molecular formula is C15H19N5O2. The highest BCUT2D eigenvalue weighted by Crippen LogP contribution is 2.38. The van der Waals surface area contributed by atoms with E-state index in [2.05, 4.69) is 15.3 Å². The average molecular weight is 301 g/mol. The Bertz CT molecular complexity index is 688. The second-order valence-corrected chi connectivity index (χ2v) is 6.19. The van der Waals surface area contributed by atoms with E-state index in [-0.39, 0.29) is 11.9 Å². The summed E-state index contributed by atoms with van der Waals surface area (Å²) in [5.41, 5.74) is 1.51. The fourth-order valence-corrected chi connectivity index (χ4v) is 3.12. The number of hydrogen-bond acceptors (Lipinski definition) is 5. The van der Waals surface area contributed by atoms with E-state index in [1.165, 1.54) is 19.2 Å². The molecule has 1 amide bonds. The van der Waals surface area contributed by atoms with Gasteiger partial charge in [0.2, 0.25) is 0 Å². The SMILES string of the molecule is Cc1ocnc1C(=O)N1CCCC1Cn1cc(C2CC2)nn1. The summed E-state index contributed by atoms with van der Waals surface area (Å²) in [5.74, 6) is 1.14. The Balaban J connectivity index is 1.48. The van der Waals surface area contributed by atoms with Crippen molar-refractivity contribution in [3.05, 3.63) is 29.7 Å². The molecule has 1 saturated heterocycles. The largest absolute Gasteiger partial charge is 0.448 e. The summed E-state index contributed by atoms with van der Waals surface area (Å²) >= 11 is 0. The second kappa shape index (κ2) is 5.23. The maximum absolute atomic E-state index is 12.6. The van der Waals surface area contributed by atoms with Crippen molar-refractivity contribution in [1.29, 1.82) is 0 Å². The van der Waals surface area contributed by atoms with Gasteiger partial charge in [0.05, 0.1) is 18.3 Å². The van der Waals surface area contributed by atoms with Crippen LogP contribution in [-0.2, 0) is 6.54 Å². The maximum atomic E-state index is 12.6. The van der Waals surface area contributed by atoms with Gasteiger partial charge in [0, 0.05) is 18.7 Å². The summed E-state index contributed by atoms with van der Waals surface area (Å²) in [4.78, 5) is 18.5. The quantitative estimate of drug-likeness (QED) is 0.860. The minimum atomic E-state index is -0.0451. The molecule has 7 nitrogen and oxygen atoms in total. The van der Waals surface area contributed by atoms with Crippen molar-refractivity contribution < 1.29 is 9.21 Å². The van der Waals surface area contributed by atoms with E-state index in [9.17, 15) is 4.79 Å². The van der Waals surface area contributed by atoms with E-state index in [1.807, 2.05) is 15.8 Å². The number of carbonyl (C=O) groups is 1. The first kappa shape index (κ1) is 13.5. The number of likely N-dealkylation sites (tertiary alicyclic amines) is 1. The van der Waals surface area contributed by atoms with Crippen LogP contribution >= 0.6 is 0 Å². The first-order valence-corrected chi connectivity index (χ1v) is 7.83. The van der Waals surface area contributed by atoms with Gasteiger partial charge in [0.25, 0.3) is 5.91 Å². The molecule has 0 aromatic carbocycles. The van der Waals surface area contributed by atoms with Gasteiger partial charge in [-0.05, 0) is 32.6 Å². The standard InChI is InChI=1S/C15H19N5O2/c1-10-14(16-9-22-10)15(21)20-6-2-3-12(20)7-19-8-13(17-18-19)11-4-5-11/h8-9,11-12H,2-7H2,1H3. The molecule has 2 fully saturated rings. The molecule has 7 heteroatoms. The van der Waals surface area contributed by atoms with Crippen LogP contribution in [0.4, 0.5) is 0 Å². The van der Waals surface area contributed by atoms with Crippen molar-refractivity contribution in [2.75, 3.05) is 6.54 Å². The highest BCUT2D eigenvalue weighted by atomic mass is 16.3. The fraction of sp³-hybridized carbons (Fsp3) is 0.600. The van der Waals surface area contributed by atoms with Crippen LogP contribution in [0.3, 0.4) is 0 Å². The molecule has 1 saturated carbocycles. The van der Waals surface area contributed by atoms with Gasteiger partial charge in [0.15, 0.2) is 12.1 Å². The van der Waals surface area contributed by atoms with E-state index in [0.29, 0.717) is 23.9 Å². The van der Waals surface area contributed by atoms with Gasteiger partial charge in [-0.15, -0.1) is 5.10 Å². The Kier molecular flexibility index (Phi) is 3.20. The number of oxazole rings is 1. The van der Waals surface area contributed by atoms with E-state index in [4.69, 9.17) is 4.42 Å². The molecule has 116 valence electrons. The number of rotatable bonds is 4. The molecule has 1 aliphatic heterocycles. The molecule has 1 atom stereocenters. The van der Waals surface area contributed by atoms with Gasteiger partial charge >= 0.3 is 0 Å². The van der Waals surface area contributed by atoms with E-state index in [0.717, 1.165) is 25.1 Å². The minimum Gasteiger partial charge on any atom is -0.448 e. The predicted octanol–water partition coefficient (Wildman–Crippen LogP) is 1.76. The molecule has 22 heavy (non-hydrogen) atoms. The number of aromatic nitrogens is 4. The predicted molar refractivity (Wildman–Crippen MR) is 77.3 cm³/mol. The monoisotopic (exact) mass is 301 g/mol. The van der Waals surface area contributed by atoms with Gasteiger partial charge < -0.3 is 9.32 Å². The van der Waals surface area contributed by atoms with Crippen LogP contribution in [-0.4, -0.2) is 43.4 Å². The topological polar surface area (TPSA) is 77.0 Å². The summed E-state index contributed by atoms with van der Waals surface area (Å²) in [6, 6.07) is 0.150. The molecule has 1 unspecified atom stereocenters. The minimum absolute atomic E-state index is 0.0451. The van der Waals surface area contributed by atoms with Crippen LogP contribution in [0, 0.1) is 6.92 Å². The van der Waals surface area contributed by atoms with Crippen molar-refractivity contribution in [2.45, 2.75) is 51.1 Å². The molecule has 0 spiro atoms. The first-order valence-electron chi connectivity index (χ1n) is 7.83. The zero-order chi connectivity index (χ0) is 15.1. The Morgan fingerprint density at radius 3 is 3.00 bits per heavy atom. The lowest BCUT2D eigenvalue weighted by Crippen LogP contribution is -2.38. The third-order valence-corrected chi connectivity index (χ3v) is 4.54.